The van der Waals surface area contributed by atoms with Crippen LogP contribution in [0, 0.1) is 0 Å². The van der Waals surface area contributed by atoms with E-state index in [0.717, 1.165) is 0 Å². The molecule has 50 valence electrons. The Morgan fingerprint density at radius 2 is 2.00 bits per heavy atom. The van der Waals surface area contributed by atoms with Crippen LogP contribution in [0.5, 0.6) is 0 Å². The van der Waals surface area contributed by atoms with E-state index in [0.29, 0.717) is 6.54 Å². The Kier molecular flexibility index (Phi) is 12.1. The van der Waals surface area contributed by atoms with Crippen molar-refractivity contribution in [3.05, 3.63) is 0 Å². The zero-order valence-corrected chi connectivity index (χ0v) is 4.85. The molecule has 0 aromatic rings. The molecule has 0 fully saturated rings. The van der Waals surface area contributed by atoms with Gasteiger partial charge in [0, 0.05) is 6.54 Å². The number of amides is 2. The second kappa shape index (κ2) is 9.50. The van der Waals surface area contributed by atoms with Crippen molar-refractivity contribution in [2.45, 2.75) is 6.92 Å². The molecule has 5 heteroatoms. The molecule has 5 nitrogen and oxygen atoms in total. The van der Waals surface area contributed by atoms with Crippen molar-refractivity contribution >= 4 is 6.03 Å². The first-order chi connectivity index (χ1) is 3.77. The lowest BCUT2D eigenvalue weighted by Crippen LogP contribution is -2.28. The van der Waals surface area contributed by atoms with Crippen LogP contribution in [0.25, 0.3) is 0 Å². The Labute approximate surface area is 48.2 Å². The monoisotopic (exact) mass is 120 g/mol. The van der Waals surface area contributed by atoms with Crippen LogP contribution in [0.3, 0.4) is 0 Å². The van der Waals surface area contributed by atoms with Crippen molar-refractivity contribution in [3.63, 3.8) is 0 Å². The first kappa shape index (κ1) is 10.2. The summed E-state index contributed by atoms with van der Waals surface area (Å²) in [7, 11) is 0. The van der Waals surface area contributed by atoms with Gasteiger partial charge in [-0.2, -0.15) is 0 Å². The lowest BCUT2D eigenvalue weighted by atomic mass is 10.7. The first-order valence-corrected chi connectivity index (χ1v) is 2.14. The highest BCUT2D eigenvalue weighted by molar-refractivity contribution is 5.71. The molecule has 0 aliphatic rings. The number of primary amides is 1. The molecule has 0 aliphatic carbocycles. The van der Waals surface area contributed by atoms with Crippen LogP contribution < -0.4 is 22.7 Å². The van der Waals surface area contributed by atoms with Crippen LogP contribution in [0.4, 0.5) is 4.79 Å². The summed E-state index contributed by atoms with van der Waals surface area (Å²) in [4.78, 5) is 9.71. The summed E-state index contributed by atoms with van der Waals surface area (Å²) in [5.41, 5.74) is 4.65. The van der Waals surface area contributed by atoms with Crippen molar-refractivity contribution in [3.8, 4) is 0 Å². The van der Waals surface area contributed by atoms with Gasteiger partial charge in [-0.1, -0.05) is 0 Å². The van der Waals surface area contributed by atoms with Gasteiger partial charge in [-0.15, -0.1) is 0 Å². The topological polar surface area (TPSA) is 107 Å². The maximum Gasteiger partial charge on any atom is 0.312 e. The van der Waals surface area contributed by atoms with Crippen molar-refractivity contribution in [1.29, 1.82) is 0 Å². The van der Waals surface area contributed by atoms with E-state index in [1.807, 2.05) is 6.92 Å². The molecule has 2 amide bonds. The SMILES string of the molecule is CCNC(N)=O.NN. The number of nitrogens with one attached hydrogen (secondary N) is 1. The number of urea groups is 1. The van der Waals surface area contributed by atoms with E-state index < -0.39 is 6.03 Å². The molecule has 0 bridgehead atoms. The Morgan fingerprint density at radius 1 is 1.62 bits per heavy atom. The minimum Gasteiger partial charge on any atom is -0.352 e. The van der Waals surface area contributed by atoms with Gasteiger partial charge in [-0.3, -0.25) is 11.7 Å². The Morgan fingerprint density at radius 3 is 2.00 bits per heavy atom. The molecule has 0 spiro atoms. The van der Waals surface area contributed by atoms with Crippen LogP contribution in [0.2, 0.25) is 0 Å². The molecule has 0 unspecified atom stereocenters. The van der Waals surface area contributed by atoms with Gasteiger partial charge < -0.3 is 11.1 Å². The number of nitrogens with two attached hydrogens (primary N) is 3. The van der Waals surface area contributed by atoms with E-state index in [1.54, 1.807) is 0 Å². The van der Waals surface area contributed by atoms with Gasteiger partial charge in [0.25, 0.3) is 0 Å². The standard InChI is InChI=1S/C3H8N2O.H4N2/c1-2-5-3(4)6;1-2/h2H2,1H3,(H3,4,5,6);1-2H2. The fourth-order valence-corrected chi connectivity index (χ4v) is 0.174. The Hall–Kier alpha value is -0.810. The molecule has 0 aromatic carbocycles. The van der Waals surface area contributed by atoms with Crippen molar-refractivity contribution in [1.82, 2.24) is 5.32 Å². The average molecular weight is 120 g/mol. The zero-order valence-electron chi connectivity index (χ0n) is 4.85. The summed E-state index contributed by atoms with van der Waals surface area (Å²) in [6, 6.07) is -0.461. The van der Waals surface area contributed by atoms with Crippen LogP contribution in [0.15, 0.2) is 0 Å². The number of hydrogen-bond acceptors (Lipinski definition) is 3. The van der Waals surface area contributed by atoms with Crippen molar-refractivity contribution in [2.75, 3.05) is 6.54 Å². The summed E-state index contributed by atoms with van der Waals surface area (Å²) >= 11 is 0. The summed E-state index contributed by atoms with van der Waals surface area (Å²) in [5, 5.41) is 2.35. The molecule has 0 atom stereocenters. The highest BCUT2D eigenvalue weighted by Gasteiger charge is 1.79. The number of rotatable bonds is 1. The van der Waals surface area contributed by atoms with Gasteiger partial charge in [-0.05, 0) is 6.92 Å². The molecule has 0 heterocycles. The van der Waals surface area contributed by atoms with Crippen LogP contribution in [-0.2, 0) is 0 Å². The van der Waals surface area contributed by atoms with Gasteiger partial charge in [0.15, 0.2) is 0 Å². The molecular weight excluding hydrogens is 108 g/mol. The third-order valence-corrected chi connectivity index (χ3v) is 0.351. The van der Waals surface area contributed by atoms with E-state index in [4.69, 9.17) is 0 Å². The predicted molar refractivity (Wildman–Crippen MR) is 31.6 cm³/mol. The molecular formula is C3H12N4O. The van der Waals surface area contributed by atoms with E-state index in [1.165, 1.54) is 0 Å². The first-order valence-electron chi connectivity index (χ1n) is 2.14. The van der Waals surface area contributed by atoms with Gasteiger partial charge in [0.1, 0.15) is 0 Å². The number of carbonyl (C=O) groups excluding carboxylic acids is 1. The minimum atomic E-state index is -0.461. The van der Waals surface area contributed by atoms with Gasteiger partial charge >= 0.3 is 6.03 Å². The van der Waals surface area contributed by atoms with Crippen molar-refractivity contribution in [2.24, 2.45) is 17.4 Å². The average Bonchev–Trinajstić information content (AvgIpc) is 1.72. The van der Waals surface area contributed by atoms with E-state index in [9.17, 15) is 4.79 Å². The summed E-state index contributed by atoms with van der Waals surface area (Å²) < 4.78 is 0. The molecule has 0 saturated heterocycles. The zero-order chi connectivity index (χ0) is 6.99. The van der Waals surface area contributed by atoms with E-state index in [-0.39, 0.29) is 0 Å². The molecule has 0 saturated carbocycles. The Balaban J connectivity index is 0. The summed E-state index contributed by atoms with van der Waals surface area (Å²) in [6.45, 7) is 2.42. The van der Waals surface area contributed by atoms with Gasteiger partial charge in [-0.25, -0.2) is 4.79 Å². The normalized spacial score (nSPS) is 6.38. The molecule has 0 rings (SSSR count). The van der Waals surface area contributed by atoms with Crippen LogP contribution >= 0.6 is 0 Å². The summed E-state index contributed by atoms with van der Waals surface area (Å²) in [5.74, 6) is 8.00. The lowest BCUT2D eigenvalue weighted by Gasteiger charge is -1.88. The minimum absolute atomic E-state index is 0.461. The van der Waals surface area contributed by atoms with Gasteiger partial charge in [0.05, 0.1) is 0 Å². The quantitative estimate of drug-likeness (QED) is 0.249. The third-order valence-electron chi connectivity index (χ3n) is 0.351. The van der Waals surface area contributed by atoms with Crippen LogP contribution in [0.1, 0.15) is 6.92 Å². The molecule has 0 aromatic heterocycles. The van der Waals surface area contributed by atoms with Crippen LogP contribution in [-0.4, -0.2) is 12.6 Å². The highest BCUT2D eigenvalue weighted by atomic mass is 16.2. The van der Waals surface area contributed by atoms with E-state index in [2.05, 4.69) is 22.7 Å². The fraction of sp³-hybridized carbons (Fsp3) is 0.667. The largest absolute Gasteiger partial charge is 0.352 e. The number of hydrazine groups is 1. The van der Waals surface area contributed by atoms with Gasteiger partial charge in [0.2, 0.25) is 0 Å². The molecule has 0 radical (unpaired) electrons. The molecule has 7 N–H and O–H groups in total. The molecule has 0 aliphatic heterocycles. The van der Waals surface area contributed by atoms with E-state index >= 15 is 0 Å². The van der Waals surface area contributed by atoms with Crippen molar-refractivity contribution < 1.29 is 4.79 Å². The maximum atomic E-state index is 9.71. The molecule has 8 heavy (non-hydrogen) atoms. The highest BCUT2D eigenvalue weighted by Crippen LogP contribution is 1.49. The number of carbonyl (C=O) groups is 1. The Bertz CT molecular complexity index is 55.2. The maximum absolute atomic E-state index is 9.71. The third kappa shape index (κ3) is 19.0. The fourth-order valence-electron chi connectivity index (χ4n) is 0.174. The summed E-state index contributed by atoms with van der Waals surface area (Å²) in [6.07, 6.45) is 0. The second-order valence-corrected chi connectivity index (χ2v) is 0.895. The second-order valence-electron chi connectivity index (χ2n) is 0.895. The smallest absolute Gasteiger partial charge is 0.312 e. The lowest BCUT2D eigenvalue weighted by molar-refractivity contribution is 0.249. The number of hydrogen-bond donors (Lipinski definition) is 4. The predicted octanol–water partition coefficient (Wildman–Crippen LogP) is -1.51.